The second-order valence-electron chi connectivity index (χ2n) is 8.90. The van der Waals surface area contributed by atoms with E-state index >= 15 is 0 Å². The Bertz CT molecular complexity index is 686. The zero-order chi connectivity index (χ0) is 17.5. The van der Waals surface area contributed by atoms with Crippen LogP contribution in [-0.4, -0.2) is 0 Å². The first kappa shape index (κ1) is 17.3. The summed E-state index contributed by atoms with van der Waals surface area (Å²) in [5, 5.41) is 0. The van der Waals surface area contributed by atoms with Crippen molar-refractivity contribution in [2.45, 2.75) is 71.1 Å². The lowest BCUT2D eigenvalue weighted by Gasteiger charge is -2.26. The fourth-order valence-electron chi connectivity index (χ4n) is 3.94. The topological polar surface area (TPSA) is 0 Å². The fraction of sp³-hybridized carbons (Fsp3) is 0.500. The molecule has 1 aliphatic carbocycles. The van der Waals surface area contributed by atoms with Crippen molar-refractivity contribution in [3.63, 3.8) is 0 Å². The third-order valence-corrected chi connectivity index (χ3v) is 6.52. The Kier molecular flexibility index (Phi) is 4.36. The van der Waals surface area contributed by atoms with Gasteiger partial charge in [-0.1, -0.05) is 88.7 Å². The van der Waals surface area contributed by atoms with Crippen LogP contribution in [0.1, 0.15) is 75.6 Å². The van der Waals surface area contributed by atoms with Crippen LogP contribution in [0.2, 0.25) is 0 Å². The number of aryl methyl sites for hydroxylation is 1. The summed E-state index contributed by atoms with van der Waals surface area (Å²) in [4.78, 5) is 0. The lowest BCUT2D eigenvalue weighted by Crippen LogP contribution is -2.21. The minimum absolute atomic E-state index is 0.250. The summed E-state index contributed by atoms with van der Waals surface area (Å²) < 4.78 is 0. The molecule has 1 saturated carbocycles. The summed E-state index contributed by atoms with van der Waals surface area (Å²) in [6.07, 6.45) is 2.50. The molecule has 0 heterocycles. The summed E-state index contributed by atoms with van der Waals surface area (Å²) >= 11 is 0. The number of rotatable bonds is 5. The quantitative estimate of drug-likeness (QED) is 0.570. The maximum absolute atomic E-state index is 2.41. The van der Waals surface area contributed by atoms with E-state index in [2.05, 4.69) is 90.1 Å². The molecule has 0 bridgehead atoms. The zero-order valence-corrected chi connectivity index (χ0v) is 16.2. The number of hydrogen-bond acceptors (Lipinski definition) is 0. The van der Waals surface area contributed by atoms with Crippen LogP contribution < -0.4 is 0 Å². The molecule has 2 atom stereocenters. The van der Waals surface area contributed by atoms with E-state index in [-0.39, 0.29) is 10.8 Å². The lowest BCUT2D eigenvalue weighted by molar-refractivity contribution is 0.444. The summed E-state index contributed by atoms with van der Waals surface area (Å²) in [7, 11) is 0. The molecular weight excluding hydrogens is 288 g/mol. The molecule has 0 aromatic heterocycles. The summed E-state index contributed by atoms with van der Waals surface area (Å²) in [5.41, 5.74) is 6.34. The molecule has 0 saturated heterocycles. The molecule has 0 nitrogen and oxygen atoms in total. The predicted molar refractivity (Wildman–Crippen MR) is 105 cm³/mol. The highest BCUT2D eigenvalue weighted by molar-refractivity contribution is 5.37. The number of hydrogen-bond donors (Lipinski definition) is 0. The maximum atomic E-state index is 2.41. The van der Waals surface area contributed by atoms with Crippen molar-refractivity contribution in [2.24, 2.45) is 5.92 Å². The van der Waals surface area contributed by atoms with Crippen LogP contribution in [0.15, 0.2) is 48.5 Å². The minimum Gasteiger partial charge on any atom is -0.0646 e. The largest absolute Gasteiger partial charge is 0.0646 e. The first-order chi connectivity index (χ1) is 11.3. The van der Waals surface area contributed by atoms with E-state index in [0.29, 0.717) is 0 Å². The van der Waals surface area contributed by atoms with Gasteiger partial charge < -0.3 is 0 Å². The van der Waals surface area contributed by atoms with Gasteiger partial charge in [-0.3, -0.25) is 0 Å². The third kappa shape index (κ3) is 3.16. The molecule has 3 rings (SSSR count). The van der Waals surface area contributed by atoms with Gasteiger partial charge in [-0.25, -0.2) is 0 Å². The fourth-order valence-corrected chi connectivity index (χ4v) is 3.94. The van der Waals surface area contributed by atoms with Gasteiger partial charge in [-0.05, 0) is 59.1 Å². The molecule has 2 aromatic rings. The molecule has 24 heavy (non-hydrogen) atoms. The standard InChI is InChI=1S/C24H32/c1-7-23(3,4)19-14-10-18(11-15-19)21-16-22(21)24(5,6)20-12-8-17(2)9-13-20/h8-15,21-22H,7,16H2,1-6H3/t21?,22-/m0/s1. The monoisotopic (exact) mass is 320 g/mol. The van der Waals surface area contributed by atoms with Crippen molar-refractivity contribution in [2.75, 3.05) is 0 Å². The smallest absolute Gasteiger partial charge is 0.00693 e. The van der Waals surface area contributed by atoms with Crippen LogP contribution in [0, 0.1) is 12.8 Å². The van der Waals surface area contributed by atoms with E-state index in [1.807, 2.05) is 0 Å². The van der Waals surface area contributed by atoms with Crippen LogP contribution in [-0.2, 0) is 10.8 Å². The molecule has 1 fully saturated rings. The van der Waals surface area contributed by atoms with Crippen molar-refractivity contribution >= 4 is 0 Å². The van der Waals surface area contributed by atoms with Gasteiger partial charge in [0, 0.05) is 0 Å². The minimum atomic E-state index is 0.250. The molecule has 0 heteroatoms. The molecule has 0 radical (unpaired) electrons. The first-order valence-electron chi connectivity index (χ1n) is 9.43. The van der Waals surface area contributed by atoms with E-state index in [1.165, 1.54) is 35.1 Å². The molecule has 1 unspecified atom stereocenters. The molecule has 128 valence electrons. The zero-order valence-electron chi connectivity index (χ0n) is 16.2. The Morgan fingerprint density at radius 1 is 0.833 bits per heavy atom. The Labute approximate surface area is 148 Å². The van der Waals surface area contributed by atoms with Crippen molar-refractivity contribution in [1.29, 1.82) is 0 Å². The Morgan fingerprint density at radius 2 is 1.38 bits per heavy atom. The van der Waals surface area contributed by atoms with Gasteiger partial charge in [-0.2, -0.15) is 0 Å². The Balaban J connectivity index is 1.76. The summed E-state index contributed by atoms with van der Waals surface area (Å²) in [6, 6.07) is 18.6. The van der Waals surface area contributed by atoms with Gasteiger partial charge in [0.05, 0.1) is 0 Å². The van der Waals surface area contributed by atoms with E-state index in [0.717, 1.165) is 11.8 Å². The van der Waals surface area contributed by atoms with Crippen LogP contribution in [0.4, 0.5) is 0 Å². The van der Waals surface area contributed by atoms with E-state index in [4.69, 9.17) is 0 Å². The average molecular weight is 321 g/mol. The first-order valence-corrected chi connectivity index (χ1v) is 9.43. The highest BCUT2D eigenvalue weighted by Crippen LogP contribution is 2.57. The van der Waals surface area contributed by atoms with Gasteiger partial charge in [0.1, 0.15) is 0 Å². The third-order valence-electron chi connectivity index (χ3n) is 6.52. The van der Waals surface area contributed by atoms with Gasteiger partial charge in [0.2, 0.25) is 0 Å². The van der Waals surface area contributed by atoms with E-state index in [9.17, 15) is 0 Å². The normalized spacial score (nSPS) is 20.9. The maximum Gasteiger partial charge on any atom is -0.00693 e. The van der Waals surface area contributed by atoms with Crippen molar-refractivity contribution < 1.29 is 0 Å². The average Bonchev–Trinajstić information content (AvgIpc) is 3.37. The SMILES string of the molecule is CCC(C)(C)c1ccc(C2C[C@@H]2C(C)(C)c2ccc(C)cc2)cc1. The van der Waals surface area contributed by atoms with Crippen LogP contribution >= 0.6 is 0 Å². The molecule has 1 aliphatic rings. The van der Waals surface area contributed by atoms with Crippen molar-refractivity contribution in [1.82, 2.24) is 0 Å². The molecule has 2 aromatic carbocycles. The second kappa shape index (κ2) is 6.06. The molecule has 0 amide bonds. The molecule has 0 N–H and O–H groups in total. The highest BCUT2D eigenvalue weighted by Gasteiger charge is 2.48. The highest BCUT2D eigenvalue weighted by atomic mass is 14.5. The van der Waals surface area contributed by atoms with Crippen LogP contribution in [0.3, 0.4) is 0 Å². The van der Waals surface area contributed by atoms with Gasteiger partial charge in [-0.15, -0.1) is 0 Å². The van der Waals surface area contributed by atoms with Crippen molar-refractivity contribution in [3.05, 3.63) is 70.8 Å². The van der Waals surface area contributed by atoms with Gasteiger partial charge >= 0.3 is 0 Å². The van der Waals surface area contributed by atoms with Gasteiger partial charge in [0.15, 0.2) is 0 Å². The van der Waals surface area contributed by atoms with Gasteiger partial charge in [0.25, 0.3) is 0 Å². The van der Waals surface area contributed by atoms with Crippen molar-refractivity contribution in [3.8, 4) is 0 Å². The van der Waals surface area contributed by atoms with E-state index in [1.54, 1.807) is 0 Å². The van der Waals surface area contributed by atoms with E-state index < -0.39 is 0 Å². The number of benzene rings is 2. The Hall–Kier alpha value is -1.56. The second-order valence-corrected chi connectivity index (χ2v) is 8.90. The van der Waals surface area contributed by atoms with Crippen LogP contribution in [0.5, 0.6) is 0 Å². The lowest BCUT2D eigenvalue weighted by atomic mass is 9.78. The van der Waals surface area contributed by atoms with Crippen LogP contribution in [0.25, 0.3) is 0 Å². The predicted octanol–water partition coefficient (Wildman–Crippen LogP) is 6.76. The molecule has 0 aliphatic heterocycles. The molecule has 0 spiro atoms. The summed E-state index contributed by atoms with van der Waals surface area (Å²) in [5.74, 6) is 1.48. The Morgan fingerprint density at radius 3 is 1.92 bits per heavy atom. The molecular formula is C24H32. The summed E-state index contributed by atoms with van der Waals surface area (Å²) in [6.45, 7) is 13.9.